The second kappa shape index (κ2) is 7.25. The van der Waals surface area contributed by atoms with E-state index in [0.717, 1.165) is 37.3 Å². The molecule has 0 saturated carbocycles. The number of ether oxygens (including phenoxy) is 1. The zero-order chi connectivity index (χ0) is 17.9. The number of likely N-dealkylation sites (tertiary alicyclic amines) is 1. The maximum absolute atomic E-state index is 12.7. The van der Waals surface area contributed by atoms with Gasteiger partial charge in [0, 0.05) is 38.9 Å². The number of rotatable bonds is 5. The predicted molar refractivity (Wildman–Crippen MR) is 92.5 cm³/mol. The molecule has 1 saturated heterocycles. The van der Waals surface area contributed by atoms with Crippen molar-refractivity contribution in [2.75, 3.05) is 20.2 Å². The zero-order valence-electron chi connectivity index (χ0n) is 14.7. The second-order valence-electron chi connectivity index (χ2n) is 6.62. The quantitative estimate of drug-likeness (QED) is 0.695. The molecule has 0 aromatic carbocycles. The molecule has 0 spiro atoms. The van der Waals surface area contributed by atoms with Crippen molar-refractivity contribution in [2.24, 2.45) is 5.92 Å². The van der Waals surface area contributed by atoms with Gasteiger partial charge in [-0.1, -0.05) is 11.2 Å². The molecule has 3 aromatic rings. The number of carbonyl (C=O) groups excluding carboxylic acids is 1. The van der Waals surface area contributed by atoms with E-state index in [1.165, 1.54) is 0 Å². The highest BCUT2D eigenvalue weighted by Crippen LogP contribution is 2.22. The predicted octanol–water partition coefficient (Wildman–Crippen LogP) is 1.96. The first-order valence-electron chi connectivity index (χ1n) is 8.77. The number of aromatic nitrogens is 4. The third-order valence-corrected chi connectivity index (χ3v) is 4.73. The maximum Gasteiger partial charge on any atom is 0.276 e. The molecule has 4 rings (SSSR count). The fourth-order valence-electron chi connectivity index (χ4n) is 3.49. The number of carbonyl (C=O) groups is 1. The highest BCUT2D eigenvalue weighted by atomic mass is 16.5. The molecule has 8 heteroatoms. The smallest absolute Gasteiger partial charge is 0.276 e. The Morgan fingerprint density at radius 2 is 2.31 bits per heavy atom. The van der Waals surface area contributed by atoms with Gasteiger partial charge in [-0.15, -0.1) is 10.2 Å². The second-order valence-corrected chi connectivity index (χ2v) is 6.62. The molecular weight excluding hydrogens is 334 g/mol. The van der Waals surface area contributed by atoms with Gasteiger partial charge >= 0.3 is 0 Å². The fraction of sp³-hybridized carbons (Fsp3) is 0.444. The molecule has 26 heavy (non-hydrogen) atoms. The Balaban J connectivity index is 1.44. The van der Waals surface area contributed by atoms with Gasteiger partial charge in [-0.3, -0.25) is 9.20 Å². The number of fused-ring (bicyclic) bond motifs is 1. The summed E-state index contributed by atoms with van der Waals surface area (Å²) in [5.41, 5.74) is 1.19. The minimum absolute atomic E-state index is 0.0908. The Morgan fingerprint density at radius 3 is 3.19 bits per heavy atom. The minimum atomic E-state index is -0.0908. The molecule has 136 valence electrons. The van der Waals surface area contributed by atoms with E-state index in [-0.39, 0.29) is 5.91 Å². The molecule has 0 bridgehead atoms. The summed E-state index contributed by atoms with van der Waals surface area (Å²) in [6.45, 7) is 1.73. The van der Waals surface area contributed by atoms with Gasteiger partial charge in [0.2, 0.25) is 0 Å². The van der Waals surface area contributed by atoms with Gasteiger partial charge in [0.15, 0.2) is 17.1 Å². The van der Waals surface area contributed by atoms with Crippen molar-refractivity contribution < 1.29 is 14.1 Å². The minimum Gasteiger partial charge on any atom is -0.377 e. The molecule has 1 aliphatic rings. The van der Waals surface area contributed by atoms with E-state index in [0.29, 0.717) is 30.5 Å². The van der Waals surface area contributed by atoms with Gasteiger partial charge in [-0.2, -0.15) is 0 Å². The zero-order valence-corrected chi connectivity index (χ0v) is 14.7. The largest absolute Gasteiger partial charge is 0.377 e. The summed E-state index contributed by atoms with van der Waals surface area (Å²) in [5.74, 6) is 1.75. The number of pyridine rings is 1. The molecule has 1 fully saturated rings. The lowest BCUT2D eigenvalue weighted by atomic mass is 9.94. The van der Waals surface area contributed by atoms with Gasteiger partial charge < -0.3 is 14.2 Å². The Hall–Kier alpha value is -2.74. The molecule has 1 atom stereocenters. The SMILES string of the molecule is COCc1cc(C(=O)N2CCCC(Cc3nnc4ccccn34)C2)no1. The van der Waals surface area contributed by atoms with Gasteiger partial charge in [0.1, 0.15) is 12.4 Å². The first-order valence-corrected chi connectivity index (χ1v) is 8.77. The molecule has 1 amide bonds. The van der Waals surface area contributed by atoms with E-state index in [9.17, 15) is 4.79 Å². The van der Waals surface area contributed by atoms with Crippen molar-refractivity contribution in [2.45, 2.75) is 25.9 Å². The van der Waals surface area contributed by atoms with Crippen molar-refractivity contribution in [1.82, 2.24) is 24.7 Å². The lowest BCUT2D eigenvalue weighted by Crippen LogP contribution is -2.40. The van der Waals surface area contributed by atoms with E-state index >= 15 is 0 Å². The molecule has 0 aliphatic carbocycles. The molecule has 3 aromatic heterocycles. The summed E-state index contributed by atoms with van der Waals surface area (Å²) in [7, 11) is 1.58. The van der Waals surface area contributed by atoms with Crippen LogP contribution in [0.1, 0.15) is 34.9 Å². The maximum atomic E-state index is 12.7. The highest BCUT2D eigenvalue weighted by Gasteiger charge is 2.27. The van der Waals surface area contributed by atoms with Crippen LogP contribution in [0.25, 0.3) is 5.65 Å². The van der Waals surface area contributed by atoms with Crippen LogP contribution in [0.15, 0.2) is 35.0 Å². The van der Waals surface area contributed by atoms with Crippen LogP contribution in [0.5, 0.6) is 0 Å². The summed E-state index contributed by atoms with van der Waals surface area (Å²) in [6.07, 6.45) is 4.81. The first kappa shape index (κ1) is 16.7. The summed E-state index contributed by atoms with van der Waals surface area (Å²) in [4.78, 5) is 14.6. The van der Waals surface area contributed by atoms with Gasteiger partial charge in [-0.05, 0) is 30.9 Å². The van der Waals surface area contributed by atoms with E-state index in [4.69, 9.17) is 9.26 Å². The van der Waals surface area contributed by atoms with E-state index in [1.807, 2.05) is 33.7 Å². The first-order chi connectivity index (χ1) is 12.7. The van der Waals surface area contributed by atoms with Crippen LogP contribution in [0.2, 0.25) is 0 Å². The van der Waals surface area contributed by atoms with Crippen LogP contribution >= 0.6 is 0 Å². The molecule has 8 nitrogen and oxygen atoms in total. The number of nitrogens with zero attached hydrogens (tertiary/aromatic N) is 5. The van der Waals surface area contributed by atoms with Crippen LogP contribution in [-0.2, 0) is 17.8 Å². The summed E-state index contributed by atoms with van der Waals surface area (Å²) >= 11 is 0. The third-order valence-electron chi connectivity index (χ3n) is 4.73. The molecule has 1 aliphatic heterocycles. The normalized spacial score (nSPS) is 17.7. The number of hydrogen-bond donors (Lipinski definition) is 0. The van der Waals surface area contributed by atoms with E-state index in [1.54, 1.807) is 13.2 Å². The topological polar surface area (TPSA) is 85.8 Å². The number of piperidine rings is 1. The van der Waals surface area contributed by atoms with Crippen molar-refractivity contribution in [1.29, 1.82) is 0 Å². The molecule has 1 unspecified atom stereocenters. The lowest BCUT2D eigenvalue weighted by Gasteiger charge is -2.32. The Labute approximate surface area is 150 Å². The van der Waals surface area contributed by atoms with Crippen LogP contribution in [0.3, 0.4) is 0 Å². The van der Waals surface area contributed by atoms with Crippen LogP contribution in [0, 0.1) is 5.92 Å². The molecular formula is C18H21N5O3. The summed E-state index contributed by atoms with van der Waals surface area (Å²) in [6, 6.07) is 7.51. The Morgan fingerprint density at radius 1 is 1.38 bits per heavy atom. The third kappa shape index (κ3) is 3.32. The average Bonchev–Trinajstić information content (AvgIpc) is 3.29. The monoisotopic (exact) mass is 355 g/mol. The lowest BCUT2D eigenvalue weighted by molar-refractivity contribution is 0.0661. The summed E-state index contributed by atoms with van der Waals surface area (Å²) < 4.78 is 12.1. The average molecular weight is 355 g/mol. The standard InChI is InChI=1S/C18H21N5O3/c1-25-12-14-10-15(21-26-14)18(24)22-7-4-5-13(11-22)9-17-20-19-16-6-2-3-8-23(16)17/h2-3,6,8,10,13H,4-5,7,9,11-12H2,1H3. The Kier molecular flexibility index (Phi) is 4.66. The highest BCUT2D eigenvalue weighted by molar-refractivity contribution is 5.92. The molecule has 0 N–H and O–H groups in total. The van der Waals surface area contributed by atoms with Crippen molar-refractivity contribution in [3.05, 3.63) is 47.7 Å². The van der Waals surface area contributed by atoms with Crippen molar-refractivity contribution in [3.63, 3.8) is 0 Å². The molecule has 0 radical (unpaired) electrons. The van der Waals surface area contributed by atoms with Crippen LogP contribution in [-0.4, -0.2) is 50.8 Å². The summed E-state index contributed by atoms with van der Waals surface area (Å²) in [5, 5.41) is 12.4. The Bertz CT molecular complexity index is 903. The van der Waals surface area contributed by atoms with Crippen LogP contribution < -0.4 is 0 Å². The fourth-order valence-corrected chi connectivity index (χ4v) is 3.49. The van der Waals surface area contributed by atoms with Crippen LogP contribution in [0.4, 0.5) is 0 Å². The molecule has 4 heterocycles. The van der Waals surface area contributed by atoms with Crippen molar-refractivity contribution >= 4 is 11.6 Å². The van der Waals surface area contributed by atoms with Gasteiger partial charge in [0.25, 0.3) is 5.91 Å². The van der Waals surface area contributed by atoms with E-state index < -0.39 is 0 Å². The van der Waals surface area contributed by atoms with Gasteiger partial charge in [0.05, 0.1) is 0 Å². The van der Waals surface area contributed by atoms with Crippen molar-refractivity contribution in [3.8, 4) is 0 Å². The number of methoxy groups -OCH3 is 1. The van der Waals surface area contributed by atoms with E-state index in [2.05, 4.69) is 15.4 Å². The number of hydrogen-bond acceptors (Lipinski definition) is 6. The van der Waals surface area contributed by atoms with Gasteiger partial charge in [-0.25, -0.2) is 0 Å². The number of amides is 1.